The van der Waals surface area contributed by atoms with Crippen molar-refractivity contribution >= 4 is 22.7 Å². The van der Waals surface area contributed by atoms with Gasteiger partial charge in [-0.05, 0) is 55.3 Å². The maximum absolute atomic E-state index is 13.0. The average molecular weight is 413 g/mol. The standard InChI is InChI=1S/C23H23N7O/c1-3-11-29-22(31)19-14-25-23(27-18-8-7-16-9-10-24-13-17(16)12-18)28-21(19)30(29)20-6-4-5-15(2)26-20/h3-8,12,14,24H,1,9-11,13H2,2H3,(H,25,27,28). The second kappa shape index (κ2) is 7.81. The van der Waals surface area contributed by atoms with Crippen LogP contribution in [0.3, 0.4) is 0 Å². The Morgan fingerprint density at radius 2 is 2.13 bits per heavy atom. The molecule has 31 heavy (non-hydrogen) atoms. The zero-order chi connectivity index (χ0) is 21.4. The third-order valence-corrected chi connectivity index (χ3v) is 5.42. The predicted octanol–water partition coefficient (Wildman–Crippen LogP) is 2.86. The van der Waals surface area contributed by atoms with Gasteiger partial charge in [0.05, 0.1) is 6.54 Å². The summed E-state index contributed by atoms with van der Waals surface area (Å²) in [7, 11) is 0. The van der Waals surface area contributed by atoms with E-state index in [0.29, 0.717) is 29.3 Å². The monoisotopic (exact) mass is 413 g/mol. The summed E-state index contributed by atoms with van der Waals surface area (Å²) in [4.78, 5) is 26.7. The van der Waals surface area contributed by atoms with Crippen LogP contribution in [0, 0.1) is 6.92 Å². The zero-order valence-corrected chi connectivity index (χ0v) is 17.3. The number of allylic oxidation sites excluding steroid dienone is 1. The van der Waals surface area contributed by atoms with Crippen LogP contribution in [0.2, 0.25) is 0 Å². The number of benzene rings is 1. The Bertz CT molecular complexity index is 1350. The van der Waals surface area contributed by atoms with Gasteiger partial charge < -0.3 is 10.6 Å². The Hall–Kier alpha value is -3.78. The van der Waals surface area contributed by atoms with Crippen LogP contribution in [-0.2, 0) is 19.5 Å². The SMILES string of the molecule is C=CCn1c(=O)c2cnc(Nc3ccc4c(c3)CNCC4)nc2n1-c1cccc(C)n1. The van der Waals surface area contributed by atoms with Crippen LogP contribution in [0.4, 0.5) is 11.6 Å². The van der Waals surface area contributed by atoms with Gasteiger partial charge in [-0.15, -0.1) is 6.58 Å². The van der Waals surface area contributed by atoms with Crippen LogP contribution < -0.4 is 16.2 Å². The molecule has 4 heterocycles. The van der Waals surface area contributed by atoms with Gasteiger partial charge in [-0.1, -0.05) is 18.2 Å². The molecule has 0 amide bonds. The van der Waals surface area contributed by atoms with Crippen LogP contribution in [0.15, 0.2) is 60.0 Å². The van der Waals surface area contributed by atoms with Crippen molar-refractivity contribution in [3.05, 3.63) is 82.4 Å². The van der Waals surface area contributed by atoms with Gasteiger partial charge in [0.25, 0.3) is 5.56 Å². The molecule has 4 aromatic rings. The molecule has 0 spiro atoms. The smallest absolute Gasteiger partial charge is 0.278 e. The third-order valence-electron chi connectivity index (χ3n) is 5.42. The van der Waals surface area contributed by atoms with Crippen molar-refractivity contribution in [1.82, 2.24) is 29.6 Å². The van der Waals surface area contributed by atoms with Gasteiger partial charge >= 0.3 is 0 Å². The predicted molar refractivity (Wildman–Crippen MR) is 121 cm³/mol. The van der Waals surface area contributed by atoms with Gasteiger partial charge in [0.2, 0.25) is 5.95 Å². The van der Waals surface area contributed by atoms with Crippen molar-refractivity contribution < 1.29 is 0 Å². The summed E-state index contributed by atoms with van der Waals surface area (Å²) in [6.07, 6.45) is 4.28. The van der Waals surface area contributed by atoms with Crippen molar-refractivity contribution in [2.75, 3.05) is 11.9 Å². The highest BCUT2D eigenvalue weighted by Gasteiger charge is 2.18. The van der Waals surface area contributed by atoms with Gasteiger partial charge in [0.1, 0.15) is 5.39 Å². The molecule has 3 aromatic heterocycles. The Labute approximate surface area is 179 Å². The van der Waals surface area contributed by atoms with Crippen LogP contribution in [-0.4, -0.2) is 30.9 Å². The molecule has 0 unspecified atom stereocenters. The summed E-state index contributed by atoms with van der Waals surface area (Å²) in [5.41, 5.74) is 4.73. The van der Waals surface area contributed by atoms with Crippen LogP contribution in [0.25, 0.3) is 16.9 Å². The van der Waals surface area contributed by atoms with E-state index in [-0.39, 0.29) is 5.56 Å². The summed E-state index contributed by atoms with van der Waals surface area (Å²) >= 11 is 0. The van der Waals surface area contributed by atoms with E-state index < -0.39 is 0 Å². The molecule has 1 aromatic carbocycles. The first-order valence-electron chi connectivity index (χ1n) is 10.3. The van der Waals surface area contributed by atoms with Crippen molar-refractivity contribution in [3.63, 3.8) is 0 Å². The highest BCUT2D eigenvalue weighted by molar-refractivity contribution is 5.77. The average Bonchev–Trinajstić information content (AvgIpc) is 3.05. The fourth-order valence-corrected chi connectivity index (χ4v) is 3.94. The topological polar surface area (TPSA) is 89.7 Å². The minimum absolute atomic E-state index is 0.176. The molecule has 0 radical (unpaired) electrons. The van der Waals surface area contributed by atoms with Crippen molar-refractivity contribution in [2.24, 2.45) is 0 Å². The Morgan fingerprint density at radius 1 is 1.23 bits per heavy atom. The Morgan fingerprint density at radius 3 is 2.97 bits per heavy atom. The molecule has 1 aliphatic heterocycles. The molecule has 156 valence electrons. The lowest BCUT2D eigenvalue weighted by Crippen LogP contribution is -2.23. The van der Waals surface area contributed by atoms with Crippen molar-refractivity contribution in [2.45, 2.75) is 26.4 Å². The first-order chi connectivity index (χ1) is 15.1. The maximum Gasteiger partial charge on any atom is 0.278 e. The molecule has 8 nitrogen and oxygen atoms in total. The highest BCUT2D eigenvalue weighted by atomic mass is 16.1. The molecule has 2 N–H and O–H groups in total. The first-order valence-corrected chi connectivity index (χ1v) is 10.3. The van der Waals surface area contributed by atoms with Crippen LogP contribution >= 0.6 is 0 Å². The molecule has 0 saturated carbocycles. The summed E-state index contributed by atoms with van der Waals surface area (Å²) in [5.74, 6) is 1.05. The molecule has 0 saturated heterocycles. The van der Waals surface area contributed by atoms with E-state index in [4.69, 9.17) is 0 Å². The van der Waals surface area contributed by atoms with E-state index in [1.165, 1.54) is 11.1 Å². The third kappa shape index (κ3) is 3.51. The first kappa shape index (κ1) is 19.2. The number of nitrogens with one attached hydrogen (secondary N) is 2. The van der Waals surface area contributed by atoms with E-state index in [2.05, 4.69) is 44.3 Å². The van der Waals surface area contributed by atoms with Crippen molar-refractivity contribution in [3.8, 4) is 5.82 Å². The quantitative estimate of drug-likeness (QED) is 0.489. The fourth-order valence-electron chi connectivity index (χ4n) is 3.94. The van der Waals surface area contributed by atoms with E-state index in [1.54, 1.807) is 21.6 Å². The summed E-state index contributed by atoms with van der Waals surface area (Å²) in [6, 6.07) is 12.0. The maximum atomic E-state index is 13.0. The highest BCUT2D eigenvalue weighted by Crippen LogP contribution is 2.22. The number of nitrogens with zero attached hydrogens (tertiary/aromatic N) is 5. The molecule has 1 aliphatic rings. The van der Waals surface area contributed by atoms with Crippen LogP contribution in [0.1, 0.15) is 16.8 Å². The molecule has 0 atom stereocenters. The van der Waals surface area contributed by atoms with Crippen molar-refractivity contribution in [1.29, 1.82) is 0 Å². The number of hydrogen-bond acceptors (Lipinski definition) is 6. The molecule has 0 bridgehead atoms. The Balaban J connectivity index is 1.61. The second-order valence-electron chi connectivity index (χ2n) is 7.59. The number of anilines is 2. The number of aryl methyl sites for hydroxylation is 1. The molecule has 5 rings (SSSR count). The number of rotatable bonds is 5. The second-order valence-corrected chi connectivity index (χ2v) is 7.59. The van der Waals surface area contributed by atoms with Gasteiger partial charge in [-0.25, -0.2) is 19.3 Å². The lowest BCUT2D eigenvalue weighted by atomic mass is 10.0. The number of aromatic nitrogens is 5. The molecular weight excluding hydrogens is 390 g/mol. The van der Waals surface area contributed by atoms with E-state index in [0.717, 1.165) is 30.9 Å². The van der Waals surface area contributed by atoms with Gasteiger partial charge in [-0.3, -0.25) is 4.79 Å². The molecular formula is C23H23N7O. The lowest BCUT2D eigenvalue weighted by molar-refractivity contribution is 0.596. The van der Waals surface area contributed by atoms with E-state index >= 15 is 0 Å². The number of hydrogen-bond donors (Lipinski definition) is 2. The Kier molecular flexibility index (Phi) is 4.83. The van der Waals surface area contributed by atoms with E-state index in [9.17, 15) is 4.79 Å². The summed E-state index contributed by atoms with van der Waals surface area (Å²) < 4.78 is 3.30. The number of pyridine rings is 1. The number of fused-ring (bicyclic) bond motifs is 2. The van der Waals surface area contributed by atoms with Gasteiger partial charge in [0, 0.05) is 24.1 Å². The van der Waals surface area contributed by atoms with Gasteiger partial charge in [-0.2, -0.15) is 4.98 Å². The van der Waals surface area contributed by atoms with Gasteiger partial charge in [0.15, 0.2) is 11.5 Å². The largest absolute Gasteiger partial charge is 0.324 e. The molecule has 0 fully saturated rings. The summed E-state index contributed by atoms with van der Waals surface area (Å²) in [6.45, 7) is 7.90. The molecule has 0 aliphatic carbocycles. The fraction of sp³-hybridized carbons (Fsp3) is 0.217. The molecule has 8 heteroatoms. The van der Waals surface area contributed by atoms with Crippen LogP contribution in [0.5, 0.6) is 0 Å². The van der Waals surface area contributed by atoms with E-state index in [1.807, 2.05) is 31.2 Å². The summed E-state index contributed by atoms with van der Waals surface area (Å²) in [5, 5.41) is 7.11. The lowest BCUT2D eigenvalue weighted by Gasteiger charge is -2.18. The zero-order valence-electron chi connectivity index (χ0n) is 17.3. The minimum atomic E-state index is -0.176. The minimum Gasteiger partial charge on any atom is -0.324 e. The normalized spacial score (nSPS) is 13.2.